The van der Waals surface area contributed by atoms with Crippen LogP contribution in [0.5, 0.6) is 0 Å². The van der Waals surface area contributed by atoms with Gasteiger partial charge in [0.05, 0.1) is 0 Å². The highest BCUT2D eigenvalue weighted by Crippen LogP contribution is 1.92. The molecule has 0 aromatic heterocycles. The van der Waals surface area contributed by atoms with Crippen LogP contribution in [0.4, 0.5) is 0 Å². The van der Waals surface area contributed by atoms with E-state index in [-0.39, 0.29) is 0 Å². The molecule has 0 saturated heterocycles. The molecule has 0 unspecified atom stereocenters. The van der Waals surface area contributed by atoms with E-state index in [0.717, 1.165) is 0 Å². The Labute approximate surface area is 53.4 Å². The Kier molecular flexibility index (Phi) is 1.80. The first-order valence-corrected chi connectivity index (χ1v) is 2.89. The first kappa shape index (κ1) is 5.51. The molecule has 1 heterocycles. The van der Waals surface area contributed by atoms with Crippen molar-refractivity contribution in [2.45, 2.75) is 0 Å². The Morgan fingerprint density at radius 2 is 2.38 bits per heavy atom. The molecule has 0 amide bonds. The fraction of sp³-hybridized carbons (Fsp3) is 0.200. The van der Waals surface area contributed by atoms with Gasteiger partial charge in [-0.1, -0.05) is 0 Å². The van der Waals surface area contributed by atoms with Crippen molar-refractivity contribution in [3.05, 3.63) is 24.6 Å². The first-order valence-electron chi connectivity index (χ1n) is 2.35. The molecule has 0 aliphatic carbocycles. The summed E-state index contributed by atoms with van der Waals surface area (Å²) in [6, 6.07) is 0.473. The number of hydrogen-bond donors (Lipinski definition) is 1. The summed E-state index contributed by atoms with van der Waals surface area (Å²) in [6.45, 7) is 0. The van der Waals surface area contributed by atoms with Crippen molar-refractivity contribution in [1.29, 1.82) is 0 Å². The number of allylic oxidation sites excluding steroid dienone is 2. The summed E-state index contributed by atoms with van der Waals surface area (Å²) in [4.78, 5) is 0. The van der Waals surface area contributed by atoms with Gasteiger partial charge in [0.2, 0.25) is 0 Å². The van der Waals surface area contributed by atoms with E-state index in [9.17, 15) is 0 Å². The summed E-state index contributed by atoms with van der Waals surface area (Å²) < 4.78 is 0. The van der Waals surface area contributed by atoms with E-state index in [1.165, 1.54) is 0 Å². The summed E-state index contributed by atoms with van der Waals surface area (Å²) >= 11 is 5.46. The Morgan fingerprint density at radius 1 is 1.50 bits per heavy atom. The van der Waals surface area contributed by atoms with Crippen LogP contribution in [0.1, 0.15) is 0 Å². The predicted molar refractivity (Wildman–Crippen MR) is 34.0 cm³/mol. The number of halogens is 1. The lowest BCUT2D eigenvalue weighted by Crippen LogP contribution is -2.28. The molecule has 44 valence electrons. The van der Waals surface area contributed by atoms with Gasteiger partial charge in [-0.25, -0.2) is 0 Å². The van der Waals surface area contributed by atoms with E-state index >= 15 is 0 Å². The molecule has 8 heavy (non-hydrogen) atoms. The van der Waals surface area contributed by atoms with Crippen LogP contribution in [0.2, 0.25) is 0 Å². The molecule has 0 atom stereocenters. The third kappa shape index (κ3) is 1.17. The predicted octanol–water partition coefficient (Wildman–Crippen LogP) is 1.03. The van der Waals surface area contributed by atoms with E-state index in [0.29, 0.717) is 6.00 Å². The van der Waals surface area contributed by atoms with E-state index < -0.39 is 0 Å². The van der Waals surface area contributed by atoms with Gasteiger partial charge in [0.25, 0.3) is 0 Å². The molecule has 0 saturated carbocycles. The number of rotatable bonds is 1. The van der Waals surface area contributed by atoms with Gasteiger partial charge in [0, 0.05) is 12.4 Å². The lowest BCUT2D eigenvalue weighted by Gasteiger charge is -2.17. The third-order valence-corrected chi connectivity index (χ3v) is 1.10. The maximum Gasteiger partial charge on any atom is 0.113 e. The summed E-state index contributed by atoms with van der Waals surface area (Å²) in [5.41, 5.74) is 2.90. The Bertz CT molecular complexity index is 120. The topological polar surface area (TPSA) is 15.3 Å². The summed E-state index contributed by atoms with van der Waals surface area (Å²) in [5.74, 6) is 0. The van der Waals surface area contributed by atoms with Gasteiger partial charge in [-0.05, 0) is 12.2 Å². The maximum atomic E-state index is 5.46. The largest absolute Gasteiger partial charge is 0.305 e. The molecular weight excluding hydrogens is 124 g/mol. The van der Waals surface area contributed by atoms with Gasteiger partial charge in [0.15, 0.2) is 0 Å². The van der Waals surface area contributed by atoms with Crippen LogP contribution in [0.25, 0.3) is 0 Å². The molecular formula is C5H7ClN2. The van der Waals surface area contributed by atoms with Crippen molar-refractivity contribution in [2.24, 2.45) is 0 Å². The van der Waals surface area contributed by atoms with Crippen LogP contribution >= 0.6 is 11.6 Å². The molecule has 3 heteroatoms. The van der Waals surface area contributed by atoms with Crippen LogP contribution in [0.15, 0.2) is 24.6 Å². The molecule has 1 aliphatic heterocycles. The number of alkyl halides is 1. The van der Waals surface area contributed by atoms with Crippen molar-refractivity contribution in [1.82, 2.24) is 10.4 Å². The van der Waals surface area contributed by atoms with Crippen LogP contribution < -0.4 is 5.43 Å². The average Bonchev–Trinajstić information content (AvgIpc) is 1.90. The van der Waals surface area contributed by atoms with Crippen molar-refractivity contribution >= 4 is 11.6 Å². The zero-order valence-electron chi connectivity index (χ0n) is 4.34. The van der Waals surface area contributed by atoms with E-state index in [2.05, 4.69) is 5.43 Å². The smallest absolute Gasteiger partial charge is 0.113 e. The highest BCUT2D eigenvalue weighted by molar-refractivity contribution is 6.17. The maximum absolute atomic E-state index is 5.46. The van der Waals surface area contributed by atoms with Crippen LogP contribution in [0, 0.1) is 0 Å². The summed E-state index contributed by atoms with van der Waals surface area (Å²) in [6.07, 6.45) is 7.51. The second-order valence-electron chi connectivity index (χ2n) is 1.42. The zero-order chi connectivity index (χ0) is 5.82. The minimum atomic E-state index is 0.473. The summed E-state index contributed by atoms with van der Waals surface area (Å²) in [7, 11) is 0. The normalized spacial score (nSPS) is 16.4. The van der Waals surface area contributed by atoms with E-state index in [1.807, 2.05) is 24.6 Å². The van der Waals surface area contributed by atoms with Crippen LogP contribution in [0.3, 0.4) is 0 Å². The van der Waals surface area contributed by atoms with E-state index in [1.54, 1.807) is 5.01 Å². The highest BCUT2D eigenvalue weighted by Gasteiger charge is 1.91. The molecule has 0 aromatic carbocycles. The molecule has 0 bridgehead atoms. The van der Waals surface area contributed by atoms with E-state index in [4.69, 9.17) is 11.6 Å². The van der Waals surface area contributed by atoms with Crippen LogP contribution in [-0.2, 0) is 0 Å². The fourth-order valence-corrected chi connectivity index (χ4v) is 0.614. The zero-order valence-corrected chi connectivity index (χ0v) is 5.10. The van der Waals surface area contributed by atoms with Crippen molar-refractivity contribution in [3.8, 4) is 0 Å². The molecule has 0 fully saturated rings. The minimum absolute atomic E-state index is 0.473. The highest BCUT2D eigenvalue weighted by atomic mass is 35.5. The van der Waals surface area contributed by atoms with Gasteiger partial charge in [-0.2, -0.15) is 0 Å². The molecule has 0 aromatic rings. The van der Waals surface area contributed by atoms with Gasteiger partial charge in [-0.3, -0.25) is 5.01 Å². The quantitative estimate of drug-likeness (QED) is 0.421. The lowest BCUT2D eigenvalue weighted by atomic mass is 10.5. The van der Waals surface area contributed by atoms with Gasteiger partial charge in [0.1, 0.15) is 6.00 Å². The average molecular weight is 131 g/mol. The number of hydrogen-bond acceptors (Lipinski definition) is 2. The molecule has 1 aliphatic rings. The Hall–Kier alpha value is -0.630. The Morgan fingerprint density at radius 3 is 2.75 bits per heavy atom. The van der Waals surface area contributed by atoms with Crippen LogP contribution in [-0.4, -0.2) is 11.0 Å². The Balaban J connectivity index is 2.40. The molecule has 0 radical (unpaired) electrons. The molecule has 0 spiro atoms. The monoisotopic (exact) mass is 130 g/mol. The second-order valence-corrected chi connectivity index (χ2v) is 1.66. The number of nitrogens with zero attached hydrogens (tertiary/aromatic N) is 1. The van der Waals surface area contributed by atoms with Crippen molar-refractivity contribution in [3.63, 3.8) is 0 Å². The molecule has 1 N–H and O–H groups in total. The lowest BCUT2D eigenvalue weighted by molar-refractivity contribution is 0.364. The molecule has 2 nitrogen and oxygen atoms in total. The standard InChI is InChI=1S/C5H7ClN2/c6-5-8-4-2-1-3-7-8/h1-4,7H,5H2. The van der Waals surface area contributed by atoms with Crippen molar-refractivity contribution in [2.75, 3.05) is 6.00 Å². The third-order valence-electron chi connectivity index (χ3n) is 0.842. The SMILES string of the molecule is ClCN1C=CC=CN1. The molecule has 1 rings (SSSR count). The van der Waals surface area contributed by atoms with Gasteiger partial charge < -0.3 is 5.43 Å². The minimum Gasteiger partial charge on any atom is -0.305 e. The van der Waals surface area contributed by atoms with Gasteiger partial charge >= 0.3 is 0 Å². The van der Waals surface area contributed by atoms with Crippen molar-refractivity contribution < 1.29 is 0 Å². The fourth-order valence-electron chi connectivity index (χ4n) is 0.465. The van der Waals surface area contributed by atoms with Gasteiger partial charge in [-0.15, -0.1) is 11.6 Å². The first-order chi connectivity index (χ1) is 3.93. The second kappa shape index (κ2) is 2.62. The summed E-state index contributed by atoms with van der Waals surface area (Å²) in [5, 5.41) is 1.77. The number of hydrazine groups is 1. The number of nitrogens with one attached hydrogen (secondary N) is 1.